The summed E-state index contributed by atoms with van der Waals surface area (Å²) in [5.41, 5.74) is 3.21. The minimum absolute atomic E-state index is 0.0559. The van der Waals surface area contributed by atoms with E-state index in [0.29, 0.717) is 17.3 Å². The first-order valence-electron chi connectivity index (χ1n) is 7.67. The molecule has 0 aliphatic carbocycles. The number of nitrogens with zero attached hydrogens (tertiary/aromatic N) is 1. The number of carbonyl (C=O) groups is 1. The van der Waals surface area contributed by atoms with Crippen molar-refractivity contribution in [3.8, 4) is 5.75 Å². The molecule has 0 unspecified atom stereocenters. The van der Waals surface area contributed by atoms with E-state index in [2.05, 4.69) is 45.0 Å². The third kappa shape index (κ3) is 3.35. The van der Waals surface area contributed by atoms with Crippen LogP contribution < -0.4 is 9.64 Å². The minimum atomic E-state index is -0.0559. The molecular weight excluding hydrogens is 310 g/mol. The summed E-state index contributed by atoms with van der Waals surface area (Å²) in [6.45, 7) is 7.14. The number of ether oxygens (including phenoxy) is 1. The van der Waals surface area contributed by atoms with Crippen LogP contribution in [0, 0.1) is 0 Å². The van der Waals surface area contributed by atoms with E-state index in [9.17, 15) is 4.79 Å². The quantitative estimate of drug-likeness (QED) is 0.808. The van der Waals surface area contributed by atoms with Crippen LogP contribution in [0.1, 0.15) is 31.9 Å². The van der Waals surface area contributed by atoms with Gasteiger partial charge in [0.2, 0.25) is 0 Å². The number of amides is 1. The molecular formula is C19H20ClNO2. The Bertz CT molecular complexity index is 732. The fourth-order valence-electron chi connectivity index (χ4n) is 2.64. The van der Waals surface area contributed by atoms with E-state index < -0.39 is 0 Å². The van der Waals surface area contributed by atoms with Gasteiger partial charge in [-0.25, -0.2) is 0 Å². The summed E-state index contributed by atoms with van der Waals surface area (Å²) in [6.07, 6.45) is 0. The third-order valence-corrected chi connectivity index (χ3v) is 4.26. The Kier molecular flexibility index (Phi) is 4.07. The number of hydrogen-bond acceptors (Lipinski definition) is 2. The molecule has 2 aromatic rings. The van der Waals surface area contributed by atoms with Gasteiger partial charge in [0.1, 0.15) is 5.75 Å². The van der Waals surface area contributed by atoms with Crippen LogP contribution in [0.4, 0.5) is 5.69 Å². The maximum absolute atomic E-state index is 12.3. The molecule has 0 spiro atoms. The lowest BCUT2D eigenvalue weighted by molar-refractivity contribution is -0.121. The summed E-state index contributed by atoms with van der Waals surface area (Å²) in [5.74, 6) is 0.639. The molecule has 1 aliphatic heterocycles. The van der Waals surface area contributed by atoms with Crippen LogP contribution in [0.15, 0.2) is 42.5 Å². The summed E-state index contributed by atoms with van der Waals surface area (Å²) in [7, 11) is 0. The van der Waals surface area contributed by atoms with E-state index in [-0.39, 0.29) is 17.9 Å². The maximum Gasteiger partial charge on any atom is 0.265 e. The van der Waals surface area contributed by atoms with Crippen molar-refractivity contribution in [2.45, 2.75) is 32.7 Å². The number of carbonyl (C=O) groups excluding carboxylic acids is 1. The van der Waals surface area contributed by atoms with Crippen molar-refractivity contribution < 1.29 is 9.53 Å². The third-order valence-electron chi connectivity index (χ3n) is 4.02. The molecule has 23 heavy (non-hydrogen) atoms. The van der Waals surface area contributed by atoms with Crippen LogP contribution in [0.3, 0.4) is 0 Å². The van der Waals surface area contributed by atoms with E-state index in [1.165, 1.54) is 5.56 Å². The second-order valence-electron chi connectivity index (χ2n) is 6.83. The van der Waals surface area contributed by atoms with Crippen LogP contribution in [-0.4, -0.2) is 12.5 Å². The van der Waals surface area contributed by atoms with Gasteiger partial charge in [0.15, 0.2) is 6.61 Å². The fraction of sp³-hybridized carbons (Fsp3) is 0.316. The lowest BCUT2D eigenvalue weighted by atomic mass is 9.87. The zero-order valence-corrected chi connectivity index (χ0v) is 14.4. The first-order valence-corrected chi connectivity index (χ1v) is 8.04. The molecule has 0 fully saturated rings. The number of fused-ring (bicyclic) bond motifs is 1. The highest BCUT2D eigenvalue weighted by Crippen LogP contribution is 2.35. The van der Waals surface area contributed by atoms with Crippen molar-refractivity contribution in [1.29, 1.82) is 0 Å². The Morgan fingerprint density at radius 2 is 1.83 bits per heavy atom. The first kappa shape index (κ1) is 15.9. The van der Waals surface area contributed by atoms with Crippen molar-refractivity contribution >= 4 is 23.2 Å². The Hall–Kier alpha value is -2.00. The van der Waals surface area contributed by atoms with Gasteiger partial charge in [0, 0.05) is 5.02 Å². The van der Waals surface area contributed by atoms with Gasteiger partial charge in [-0.05, 0) is 34.7 Å². The lowest BCUT2D eigenvalue weighted by Gasteiger charge is -2.29. The van der Waals surface area contributed by atoms with Gasteiger partial charge < -0.3 is 9.64 Å². The molecule has 1 aliphatic rings. The Balaban J connectivity index is 1.88. The number of anilines is 1. The number of hydrogen-bond donors (Lipinski definition) is 0. The molecule has 0 saturated carbocycles. The van der Waals surface area contributed by atoms with Crippen LogP contribution in [0.5, 0.6) is 5.75 Å². The van der Waals surface area contributed by atoms with Crippen molar-refractivity contribution in [2.24, 2.45) is 0 Å². The smallest absolute Gasteiger partial charge is 0.265 e. The zero-order chi connectivity index (χ0) is 16.6. The second-order valence-corrected chi connectivity index (χ2v) is 7.26. The largest absolute Gasteiger partial charge is 0.482 e. The van der Waals surface area contributed by atoms with Crippen LogP contribution in [0.25, 0.3) is 0 Å². The Labute approximate surface area is 141 Å². The monoisotopic (exact) mass is 329 g/mol. The molecule has 0 bridgehead atoms. The minimum Gasteiger partial charge on any atom is -0.482 e. The molecule has 1 heterocycles. The maximum atomic E-state index is 12.3. The molecule has 120 valence electrons. The van der Waals surface area contributed by atoms with Crippen molar-refractivity contribution in [3.63, 3.8) is 0 Å². The lowest BCUT2D eigenvalue weighted by Crippen LogP contribution is -2.38. The molecule has 0 atom stereocenters. The van der Waals surface area contributed by atoms with Gasteiger partial charge in [-0.15, -0.1) is 0 Å². The van der Waals surface area contributed by atoms with Gasteiger partial charge in [0.05, 0.1) is 12.2 Å². The summed E-state index contributed by atoms with van der Waals surface area (Å²) < 4.78 is 5.47. The zero-order valence-electron chi connectivity index (χ0n) is 13.6. The van der Waals surface area contributed by atoms with Gasteiger partial charge in [-0.2, -0.15) is 0 Å². The number of benzene rings is 2. The molecule has 2 aromatic carbocycles. The highest BCUT2D eigenvalue weighted by Gasteiger charge is 2.26. The molecule has 3 nitrogen and oxygen atoms in total. The van der Waals surface area contributed by atoms with Crippen LogP contribution in [-0.2, 0) is 16.8 Å². The molecule has 3 rings (SSSR count). The van der Waals surface area contributed by atoms with Crippen LogP contribution >= 0.6 is 11.6 Å². The SMILES string of the molecule is CC(C)(C)c1ccc(CN2C(=O)COc3ccc(Cl)cc32)cc1. The van der Waals surface area contributed by atoms with E-state index in [0.717, 1.165) is 11.3 Å². The Morgan fingerprint density at radius 3 is 2.48 bits per heavy atom. The van der Waals surface area contributed by atoms with E-state index >= 15 is 0 Å². The molecule has 0 saturated heterocycles. The van der Waals surface area contributed by atoms with E-state index in [4.69, 9.17) is 16.3 Å². The Morgan fingerprint density at radius 1 is 1.13 bits per heavy atom. The van der Waals surface area contributed by atoms with Crippen LogP contribution in [0.2, 0.25) is 5.02 Å². The van der Waals surface area contributed by atoms with Crippen molar-refractivity contribution in [1.82, 2.24) is 0 Å². The van der Waals surface area contributed by atoms with E-state index in [1.54, 1.807) is 23.1 Å². The molecule has 1 amide bonds. The number of rotatable bonds is 2. The highest BCUT2D eigenvalue weighted by atomic mass is 35.5. The van der Waals surface area contributed by atoms with Crippen molar-refractivity contribution in [2.75, 3.05) is 11.5 Å². The van der Waals surface area contributed by atoms with Gasteiger partial charge in [-0.3, -0.25) is 4.79 Å². The number of halogens is 1. The second kappa shape index (κ2) is 5.89. The van der Waals surface area contributed by atoms with Gasteiger partial charge in [-0.1, -0.05) is 56.6 Å². The average molecular weight is 330 g/mol. The predicted molar refractivity (Wildman–Crippen MR) is 93.3 cm³/mol. The van der Waals surface area contributed by atoms with Crippen molar-refractivity contribution in [3.05, 3.63) is 58.6 Å². The predicted octanol–water partition coefficient (Wildman–Crippen LogP) is 4.56. The molecule has 0 aromatic heterocycles. The standard InChI is InChI=1S/C19H20ClNO2/c1-19(2,3)14-6-4-13(5-7-14)11-21-16-10-15(20)8-9-17(16)23-12-18(21)22/h4-10H,11-12H2,1-3H3. The fourth-order valence-corrected chi connectivity index (χ4v) is 2.81. The van der Waals surface area contributed by atoms with E-state index in [1.807, 2.05) is 0 Å². The molecule has 0 radical (unpaired) electrons. The topological polar surface area (TPSA) is 29.5 Å². The normalized spacial score (nSPS) is 14.4. The average Bonchev–Trinajstić information content (AvgIpc) is 2.50. The highest BCUT2D eigenvalue weighted by molar-refractivity contribution is 6.31. The summed E-state index contributed by atoms with van der Waals surface area (Å²) >= 11 is 6.07. The first-order chi connectivity index (χ1) is 10.8. The summed E-state index contributed by atoms with van der Waals surface area (Å²) in [6, 6.07) is 13.8. The van der Waals surface area contributed by atoms with Gasteiger partial charge >= 0.3 is 0 Å². The van der Waals surface area contributed by atoms with Gasteiger partial charge in [0.25, 0.3) is 5.91 Å². The molecule has 4 heteroatoms. The summed E-state index contributed by atoms with van der Waals surface area (Å²) in [5, 5.41) is 0.593. The summed E-state index contributed by atoms with van der Waals surface area (Å²) in [4.78, 5) is 14.0. The molecule has 0 N–H and O–H groups in total.